The summed E-state index contributed by atoms with van der Waals surface area (Å²) in [5.74, 6) is -1.18. The number of carbonyl (C=O) groups is 1. The third-order valence-corrected chi connectivity index (χ3v) is 0.514. The number of aliphatic hydroxyl groups is 1. The van der Waals surface area contributed by atoms with Crippen molar-refractivity contribution in [1.82, 2.24) is 0 Å². The first-order chi connectivity index (χ1) is 3.18. The van der Waals surface area contributed by atoms with Crippen LogP contribution in [-0.4, -0.2) is 28.8 Å². The maximum atomic E-state index is 9.65. The molecule has 0 aliphatic carbocycles. The van der Waals surface area contributed by atoms with Crippen LogP contribution in [0.5, 0.6) is 0 Å². The smallest absolute Gasteiger partial charge is 1.00 e. The minimum Gasteiger partial charge on any atom is -1.00 e. The van der Waals surface area contributed by atoms with Crippen LogP contribution >= 0.6 is 0 Å². The Kier molecular flexibility index (Phi) is 15.8. The van der Waals surface area contributed by atoms with E-state index in [4.69, 9.17) is 15.9 Å². The van der Waals surface area contributed by atoms with Gasteiger partial charge >= 0.3 is 35.5 Å². The third-order valence-electron chi connectivity index (χ3n) is 0.514. The van der Waals surface area contributed by atoms with Crippen molar-refractivity contribution < 1.29 is 57.0 Å². The Hall–Kier alpha value is 0.680. The van der Waals surface area contributed by atoms with Crippen LogP contribution in [0.3, 0.4) is 0 Å². The van der Waals surface area contributed by atoms with Crippen LogP contribution in [0.25, 0.3) is 0 Å². The Balaban J connectivity index is -0.000000180. The molecule has 0 saturated heterocycles. The van der Waals surface area contributed by atoms with Crippen molar-refractivity contribution in [2.75, 3.05) is 6.61 Å². The maximum Gasteiger partial charge on any atom is 1.00 e. The molecule has 0 rings (SSSR count). The molecule has 4 N–H and O–H groups in total. The fourth-order valence-electron chi connectivity index (χ4n) is 0.0781. The van der Waals surface area contributed by atoms with Gasteiger partial charge < -0.3 is 28.4 Å². The third kappa shape index (κ3) is 8.68. The zero-order chi connectivity index (χ0) is 5.86. The summed E-state index contributed by atoms with van der Waals surface area (Å²) in [7, 11) is 0. The molecule has 9 heavy (non-hydrogen) atoms. The van der Waals surface area contributed by atoms with Gasteiger partial charge in [0.1, 0.15) is 6.04 Å². The van der Waals surface area contributed by atoms with Crippen molar-refractivity contribution in [3.05, 3.63) is 0 Å². The van der Waals surface area contributed by atoms with Crippen molar-refractivity contribution in [2.24, 2.45) is 5.73 Å². The van der Waals surface area contributed by atoms with E-state index in [1.807, 2.05) is 0 Å². The number of rotatable bonds is 2. The van der Waals surface area contributed by atoms with Gasteiger partial charge in [-0.05, 0) is 0 Å². The van der Waals surface area contributed by atoms with Gasteiger partial charge in [-0.2, -0.15) is 0 Å². The van der Waals surface area contributed by atoms with Gasteiger partial charge in [0.15, 0.2) is 0 Å². The summed E-state index contributed by atoms with van der Waals surface area (Å²) in [6.45, 7) is -0.505. The van der Waals surface area contributed by atoms with E-state index in [1.165, 1.54) is 0 Å². The molecule has 0 aromatic heterocycles. The maximum absolute atomic E-state index is 9.65. The van der Waals surface area contributed by atoms with Gasteiger partial charge in [0.2, 0.25) is 0 Å². The SMILES string of the molecule is NC(CO)C(=O)O.[Cl-].[Na+]. The quantitative estimate of drug-likeness (QED) is 0.353. The van der Waals surface area contributed by atoms with Crippen LogP contribution in [0.4, 0.5) is 0 Å². The second-order valence-corrected chi connectivity index (χ2v) is 1.13. The van der Waals surface area contributed by atoms with Gasteiger partial charge in [-0.3, -0.25) is 4.79 Å². The van der Waals surface area contributed by atoms with Crippen molar-refractivity contribution >= 4 is 5.97 Å². The number of hydrogen-bond donors (Lipinski definition) is 3. The van der Waals surface area contributed by atoms with Crippen molar-refractivity contribution in [3.63, 3.8) is 0 Å². The molecule has 6 heteroatoms. The predicted molar refractivity (Wildman–Crippen MR) is 22.7 cm³/mol. The molecule has 0 bridgehead atoms. The van der Waals surface area contributed by atoms with Crippen molar-refractivity contribution in [1.29, 1.82) is 0 Å². The zero-order valence-electron chi connectivity index (χ0n) is 5.04. The molecular formula is C3H7ClNNaO3. The van der Waals surface area contributed by atoms with Gasteiger partial charge in [0, 0.05) is 0 Å². The molecule has 0 saturated carbocycles. The summed E-state index contributed by atoms with van der Waals surface area (Å²) in [5.41, 5.74) is 4.77. The molecule has 0 aromatic carbocycles. The molecule has 50 valence electrons. The summed E-state index contributed by atoms with van der Waals surface area (Å²) in [5, 5.41) is 15.9. The number of hydrogen-bond acceptors (Lipinski definition) is 3. The second-order valence-electron chi connectivity index (χ2n) is 1.13. The summed E-state index contributed by atoms with van der Waals surface area (Å²) in [6.07, 6.45) is 0. The van der Waals surface area contributed by atoms with E-state index in [1.54, 1.807) is 0 Å². The Morgan fingerprint density at radius 3 is 2.00 bits per heavy atom. The first-order valence-corrected chi connectivity index (χ1v) is 1.77. The fraction of sp³-hybridized carbons (Fsp3) is 0.667. The standard InChI is InChI=1S/C3H7NO3.ClH.Na/c4-2(1-5)3(6)7;;/h2,5H,1,4H2,(H,6,7);1H;/q;;+1/p-1. The molecule has 1 unspecified atom stereocenters. The first-order valence-electron chi connectivity index (χ1n) is 1.77. The van der Waals surface area contributed by atoms with E-state index in [0.717, 1.165) is 0 Å². The number of aliphatic carboxylic acids is 1. The Bertz CT molecular complexity index is 81.5. The van der Waals surface area contributed by atoms with E-state index in [9.17, 15) is 4.79 Å². The fourth-order valence-corrected chi connectivity index (χ4v) is 0.0781. The molecule has 0 heterocycles. The average molecular weight is 164 g/mol. The second kappa shape index (κ2) is 8.68. The largest absolute Gasteiger partial charge is 1.00 e. The van der Waals surface area contributed by atoms with Gasteiger partial charge in [-0.25, -0.2) is 0 Å². The van der Waals surface area contributed by atoms with E-state index >= 15 is 0 Å². The van der Waals surface area contributed by atoms with E-state index in [-0.39, 0.29) is 42.0 Å². The summed E-state index contributed by atoms with van der Waals surface area (Å²) < 4.78 is 0. The van der Waals surface area contributed by atoms with Crippen LogP contribution in [-0.2, 0) is 4.79 Å². The minimum atomic E-state index is -1.18. The number of nitrogens with two attached hydrogens (primary N) is 1. The van der Waals surface area contributed by atoms with Crippen molar-refractivity contribution in [3.8, 4) is 0 Å². The summed E-state index contributed by atoms with van der Waals surface area (Å²) >= 11 is 0. The van der Waals surface area contributed by atoms with E-state index < -0.39 is 18.6 Å². The van der Waals surface area contributed by atoms with Gasteiger partial charge in [-0.1, -0.05) is 0 Å². The number of carboxylic acid groups (broad SMARTS) is 1. The molecule has 1 atom stereocenters. The molecular weight excluding hydrogens is 156 g/mol. The average Bonchev–Trinajstić information content (AvgIpc) is 1.65. The van der Waals surface area contributed by atoms with Crippen LogP contribution in [0.15, 0.2) is 0 Å². The normalized spacial score (nSPS) is 10.4. The van der Waals surface area contributed by atoms with E-state index in [2.05, 4.69) is 0 Å². The van der Waals surface area contributed by atoms with Crippen LogP contribution in [0.1, 0.15) is 0 Å². The van der Waals surface area contributed by atoms with Crippen LogP contribution < -0.4 is 47.7 Å². The molecule has 0 spiro atoms. The number of carboxylic acids is 1. The van der Waals surface area contributed by atoms with Crippen LogP contribution in [0.2, 0.25) is 0 Å². The summed E-state index contributed by atoms with van der Waals surface area (Å²) in [6, 6.07) is -1.13. The number of halogens is 1. The van der Waals surface area contributed by atoms with Crippen LogP contribution in [0, 0.1) is 0 Å². The molecule has 0 aliphatic rings. The monoisotopic (exact) mass is 163 g/mol. The molecule has 4 nitrogen and oxygen atoms in total. The predicted octanol–water partition coefficient (Wildman–Crippen LogP) is -7.60. The molecule has 0 fully saturated rings. The Morgan fingerprint density at radius 2 is 2.00 bits per heavy atom. The van der Waals surface area contributed by atoms with E-state index in [0.29, 0.717) is 0 Å². The number of aliphatic hydroxyl groups excluding tert-OH is 1. The Labute approximate surface area is 81.1 Å². The Morgan fingerprint density at radius 1 is 1.67 bits per heavy atom. The molecule has 0 aromatic rings. The summed E-state index contributed by atoms with van der Waals surface area (Å²) in [4.78, 5) is 9.65. The topological polar surface area (TPSA) is 83.5 Å². The molecule has 0 amide bonds. The molecule has 0 radical (unpaired) electrons. The molecule has 0 aliphatic heterocycles. The zero-order valence-corrected chi connectivity index (χ0v) is 7.80. The first kappa shape index (κ1) is 16.3. The van der Waals surface area contributed by atoms with Crippen molar-refractivity contribution in [2.45, 2.75) is 6.04 Å². The minimum absolute atomic E-state index is 0. The van der Waals surface area contributed by atoms with Gasteiger partial charge in [0.25, 0.3) is 0 Å². The van der Waals surface area contributed by atoms with Gasteiger partial charge in [0.05, 0.1) is 6.61 Å². The van der Waals surface area contributed by atoms with Gasteiger partial charge in [-0.15, -0.1) is 0 Å².